The Kier molecular flexibility index (Phi) is 3.69. The topological polar surface area (TPSA) is 30.1 Å². The summed E-state index contributed by atoms with van der Waals surface area (Å²) in [4.78, 5) is 0. The minimum absolute atomic E-state index is 0.512. The first kappa shape index (κ1) is 12.0. The van der Waals surface area contributed by atoms with E-state index >= 15 is 0 Å². The Hall–Kier alpha value is -1.48. The fraction of sp³-hybridized carbons (Fsp3) is 0.429. The molecule has 2 aromatic heterocycles. The van der Waals surface area contributed by atoms with Gasteiger partial charge in [-0.25, -0.2) is 0 Å². The summed E-state index contributed by atoms with van der Waals surface area (Å²) in [6.07, 6.45) is 2.57. The molecule has 0 amide bonds. The van der Waals surface area contributed by atoms with E-state index in [1.54, 1.807) is 6.26 Å². The summed E-state index contributed by atoms with van der Waals surface area (Å²) in [5.41, 5.74) is 2.58. The number of nitrogens with zero attached hydrogens (tertiary/aromatic N) is 1. The highest BCUT2D eigenvalue weighted by Crippen LogP contribution is 2.13. The van der Waals surface area contributed by atoms with E-state index in [9.17, 15) is 0 Å². The van der Waals surface area contributed by atoms with Gasteiger partial charge in [0, 0.05) is 37.4 Å². The summed E-state index contributed by atoms with van der Waals surface area (Å²) in [5.74, 6) is 1.01. The lowest BCUT2D eigenvalue weighted by atomic mass is 10.2. The molecule has 1 N–H and O–H groups in total. The number of furan rings is 1. The minimum atomic E-state index is 0.512. The Morgan fingerprint density at radius 1 is 1.24 bits per heavy atom. The van der Waals surface area contributed by atoms with Crippen molar-refractivity contribution in [1.29, 1.82) is 0 Å². The van der Waals surface area contributed by atoms with E-state index in [2.05, 4.69) is 42.9 Å². The number of hydrogen-bond donors (Lipinski definition) is 1. The Morgan fingerprint density at radius 3 is 2.65 bits per heavy atom. The van der Waals surface area contributed by atoms with Crippen molar-refractivity contribution in [2.45, 2.75) is 32.9 Å². The summed E-state index contributed by atoms with van der Waals surface area (Å²) in [6, 6.07) is 8.80. The van der Waals surface area contributed by atoms with Crippen LogP contribution in [0.2, 0.25) is 0 Å². The van der Waals surface area contributed by atoms with E-state index in [0.29, 0.717) is 6.04 Å². The maximum Gasteiger partial charge on any atom is 0.109 e. The molecule has 0 atom stereocenters. The number of nitrogens with one attached hydrogen (secondary N) is 1. The second-order valence-electron chi connectivity index (χ2n) is 4.67. The second-order valence-corrected chi connectivity index (χ2v) is 4.67. The van der Waals surface area contributed by atoms with E-state index in [1.165, 1.54) is 11.4 Å². The van der Waals surface area contributed by atoms with Gasteiger partial charge in [-0.2, -0.15) is 0 Å². The Balaban J connectivity index is 2.04. The van der Waals surface area contributed by atoms with Crippen LogP contribution in [0.3, 0.4) is 0 Å². The highest BCUT2D eigenvalue weighted by atomic mass is 16.3. The zero-order valence-corrected chi connectivity index (χ0v) is 10.7. The number of rotatable bonds is 5. The Labute approximate surface area is 102 Å². The lowest BCUT2D eigenvalue weighted by Crippen LogP contribution is -2.23. The molecule has 0 aliphatic rings. The van der Waals surface area contributed by atoms with Gasteiger partial charge in [-0.05, 0) is 24.3 Å². The van der Waals surface area contributed by atoms with E-state index in [4.69, 9.17) is 4.42 Å². The van der Waals surface area contributed by atoms with Crippen molar-refractivity contribution in [2.75, 3.05) is 0 Å². The molecule has 92 valence electrons. The van der Waals surface area contributed by atoms with Crippen molar-refractivity contribution in [2.24, 2.45) is 7.05 Å². The van der Waals surface area contributed by atoms with Gasteiger partial charge in [-0.3, -0.25) is 0 Å². The van der Waals surface area contributed by atoms with Gasteiger partial charge >= 0.3 is 0 Å². The molecule has 0 saturated carbocycles. The van der Waals surface area contributed by atoms with Gasteiger partial charge < -0.3 is 14.3 Å². The largest absolute Gasteiger partial charge is 0.469 e. The van der Waals surface area contributed by atoms with Crippen molar-refractivity contribution in [3.8, 4) is 0 Å². The predicted molar refractivity (Wildman–Crippen MR) is 68.9 cm³/mol. The number of aromatic nitrogens is 1. The molecular weight excluding hydrogens is 212 g/mol. The molecule has 17 heavy (non-hydrogen) atoms. The highest BCUT2D eigenvalue weighted by Gasteiger charge is 2.07. The first-order valence-corrected chi connectivity index (χ1v) is 6.06. The first-order valence-electron chi connectivity index (χ1n) is 6.06. The summed E-state index contributed by atoms with van der Waals surface area (Å²) < 4.78 is 7.60. The maximum absolute atomic E-state index is 5.37. The van der Waals surface area contributed by atoms with Crippen molar-refractivity contribution < 1.29 is 4.42 Å². The predicted octanol–water partition coefficient (Wildman–Crippen LogP) is 2.71. The van der Waals surface area contributed by atoms with Gasteiger partial charge in [-0.1, -0.05) is 13.8 Å². The normalized spacial score (nSPS) is 11.3. The quantitative estimate of drug-likeness (QED) is 0.859. The van der Waals surface area contributed by atoms with E-state index < -0.39 is 0 Å². The summed E-state index contributed by atoms with van der Waals surface area (Å²) >= 11 is 0. The average Bonchev–Trinajstić information content (AvgIpc) is 2.89. The van der Waals surface area contributed by atoms with Crippen LogP contribution < -0.4 is 5.32 Å². The van der Waals surface area contributed by atoms with E-state index in [1.807, 2.05) is 12.1 Å². The minimum Gasteiger partial charge on any atom is -0.469 e. The van der Waals surface area contributed by atoms with Gasteiger partial charge in [0.05, 0.1) is 6.26 Å². The van der Waals surface area contributed by atoms with Gasteiger partial charge in [0.15, 0.2) is 0 Å². The molecule has 0 radical (unpaired) electrons. The van der Waals surface area contributed by atoms with Crippen LogP contribution in [-0.2, 0) is 20.0 Å². The monoisotopic (exact) mass is 232 g/mol. The van der Waals surface area contributed by atoms with Crippen LogP contribution in [0.5, 0.6) is 0 Å². The molecule has 2 aromatic rings. The van der Waals surface area contributed by atoms with Crippen LogP contribution >= 0.6 is 0 Å². The van der Waals surface area contributed by atoms with Crippen LogP contribution in [0.15, 0.2) is 34.9 Å². The smallest absolute Gasteiger partial charge is 0.109 e. The van der Waals surface area contributed by atoms with Crippen LogP contribution in [-0.4, -0.2) is 10.6 Å². The molecule has 2 rings (SSSR count). The Bertz CT molecular complexity index is 455. The SMILES string of the molecule is CC(C)NCc1ccc(Cc2ccco2)n1C. The third-order valence-electron chi connectivity index (χ3n) is 2.96. The molecule has 3 nitrogen and oxygen atoms in total. The van der Waals surface area contributed by atoms with E-state index in [0.717, 1.165) is 18.7 Å². The molecule has 0 aliphatic heterocycles. The Morgan fingerprint density at radius 2 is 2.00 bits per heavy atom. The van der Waals surface area contributed by atoms with Crippen LogP contribution in [0.1, 0.15) is 31.0 Å². The van der Waals surface area contributed by atoms with Crippen LogP contribution in [0.4, 0.5) is 0 Å². The first-order chi connectivity index (χ1) is 8.16. The second kappa shape index (κ2) is 5.23. The zero-order valence-electron chi connectivity index (χ0n) is 10.7. The van der Waals surface area contributed by atoms with Crippen molar-refractivity contribution in [3.05, 3.63) is 47.7 Å². The molecule has 0 aliphatic carbocycles. The third-order valence-corrected chi connectivity index (χ3v) is 2.96. The molecular formula is C14H20N2O. The third kappa shape index (κ3) is 3.01. The van der Waals surface area contributed by atoms with Crippen LogP contribution in [0.25, 0.3) is 0 Å². The van der Waals surface area contributed by atoms with Crippen molar-refractivity contribution in [3.63, 3.8) is 0 Å². The molecule has 2 heterocycles. The lowest BCUT2D eigenvalue weighted by Gasteiger charge is -2.10. The molecule has 3 heteroatoms. The molecule has 0 bridgehead atoms. The fourth-order valence-corrected chi connectivity index (χ4v) is 1.86. The van der Waals surface area contributed by atoms with Gasteiger partial charge in [0.2, 0.25) is 0 Å². The van der Waals surface area contributed by atoms with Crippen molar-refractivity contribution in [1.82, 2.24) is 9.88 Å². The molecule has 0 fully saturated rings. The summed E-state index contributed by atoms with van der Waals surface area (Å²) in [7, 11) is 2.11. The maximum atomic E-state index is 5.37. The molecule has 0 saturated heterocycles. The lowest BCUT2D eigenvalue weighted by molar-refractivity contribution is 0.514. The molecule has 0 aromatic carbocycles. The summed E-state index contributed by atoms with van der Waals surface area (Å²) in [6.45, 7) is 5.23. The van der Waals surface area contributed by atoms with Crippen LogP contribution in [0, 0.1) is 0 Å². The fourth-order valence-electron chi connectivity index (χ4n) is 1.86. The average molecular weight is 232 g/mol. The van der Waals surface area contributed by atoms with Gasteiger partial charge in [-0.15, -0.1) is 0 Å². The molecule has 0 unspecified atom stereocenters. The van der Waals surface area contributed by atoms with Crippen molar-refractivity contribution >= 4 is 0 Å². The molecule has 0 spiro atoms. The van der Waals surface area contributed by atoms with Gasteiger partial charge in [0.1, 0.15) is 5.76 Å². The standard InChI is InChI=1S/C14H20N2O/c1-11(2)15-10-13-7-6-12(16(13)3)9-14-5-4-8-17-14/h4-8,11,15H,9-10H2,1-3H3. The van der Waals surface area contributed by atoms with Gasteiger partial charge in [0.25, 0.3) is 0 Å². The summed E-state index contributed by atoms with van der Waals surface area (Å²) in [5, 5.41) is 3.43. The number of hydrogen-bond acceptors (Lipinski definition) is 2. The highest BCUT2D eigenvalue weighted by molar-refractivity contribution is 5.20. The van der Waals surface area contributed by atoms with E-state index in [-0.39, 0.29) is 0 Å². The zero-order chi connectivity index (χ0) is 12.3.